The lowest BCUT2D eigenvalue weighted by atomic mass is 9.82. The summed E-state index contributed by atoms with van der Waals surface area (Å²) in [5.41, 5.74) is 4.89. The van der Waals surface area contributed by atoms with E-state index in [4.69, 9.17) is 0 Å². The quantitative estimate of drug-likeness (QED) is 0.897. The van der Waals surface area contributed by atoms with E-state index in [1.807, 2.05) is 39.0 Å². The number of aromatic nitrogens is 1. The smallest absolute Gasteiger partial charge is 0.334 e. The molecule has 2 aromatic heterocycles. The number of carbonyl (C=O) groups is 1. The van der Waals surface area contributed by atoms with Gasteiger partial charge in [-0.25, -0.2) is 4.79 Å². The second-order valence-electron chi connectivity index (χ2n) is 5.68. The van der Waals surface area contributed by atoms with Gasteiger partial charge >= 0.3 is 5.97 Å². The van der Waals surface area contributed by atoms with Crippen LogP contribution in [0.5, 0.6) is 0 Å². The zero-order valence-corrected chi connectivity index (χ0v) is 14.1. The first-order chi connectivity index (χ1) is 11.0. The molecule has 0 aromatic carbocycles. The van der Waals surface area contributed by atoms with E-state index in [0.717, 1.165) is 27.4 Å². The number of aryl methyl sites for hydroxylation is 1. The van der Waals surface area contributed by atoms with Crippen molar-refractivity contribution in [2.45, 2.75) is 26.7 Å². The van der Waals surface area contributed by atoms with Gasteiger partial charge in [0.1, 0.15) is 0 Å². The van der Waals surface area contributed by atoms with Gasteiger partial charge in [-0.05, 0) is 49.9 Å². The highest BCUT2D eigenvalue weighted by atomic mass is 32.1. The molecule has 5 heteroatoms. The summed E-state index contributed by atoms with van der Waals surface area (Å²) in [5.74, 6) is -1.20. The Labute approximate surface area is 139 Å². The van der Waals surface area contributed by atoms with Crippen molar-refractivity contribution in [3.63, 3.8) is 0 Å². The summed E-state index contributed by atoms with van der Waals surface area (Å²) < 4.78 is 0. The van der Waals surface area contributed by atoms with Gasteiger partial charge in [0.25, 0.3) is 0 Å². The first kappa shape index (κ1) is 15.5. The molecule has 2 N–H and O–H groups in total. The molecule has 0 saturated carbocycles. The monoisotopic (exact) mass is 326 g/mol. The Morgan fingerprint density at radius 2 is 2.04 bits per heavy atom. The van der Waals surface area contributed by atoms with Crippen molar-refractivity contribution in [1.29, 1.82) is 0 Å². The van der Waals surface area contributed by atoms with Crippen molar-refractivity contribution in [3.8, 4) is 0 Å². The maximum atomic E-state index is 11.9. The zero-order valence-electron chi connectivity index (χ0n) is 13.3. The molecule has 0 radical (unpaired) electrons. The minimum absolute atomic E-state index is 0.303. The van der Waals surface area contributed by atoms with E-state index in [0.29, 0.717) is 11.3 Å². The Bertz CT molecular complexity index is 819. The maximum Gasteiger partial charge on any atom is 0.334 e. The van der Waals surface area contributed by atoms with Crippen LogP contribution in [0.4, 0.5) is 0 Å². The average Bonchev–Trinajstić information content (AvgIpc) is 2.93. The number of thiophene rings is 1. The Hall–Kier alpha value is -2.40. The topological polar surface area (TPSA) is 62.2 Å². The molecule has 1 atom stereocenters. The number of pyridine rings is 1. The Morgan fingerprint density at radius 1 is 1.26 bits per heavy atom. The van der Waals surface area contributed by atoms with Gasteiger partial charge in [-0.15, -0.1) is 11.3 Å². The van der Waals surface area contributed by atoms with Gasteiger partial charge in [0, 0.05) is 28.0 Å². The van der Waals surface area contributed by atoms with Crippen molar-refractivity contribution in [2.24, 2.45) is 0 Å². The summed E-state index contributed by atoms with van der Waals surface area (Å²) in [5, 5.41) is 15.0. The molecule has 118 valence electrons. The van der Waals surface area contributed by atoms with Crippen molar-refractivity contribution in [1.82, 2.24) is 10.3 Å². The lowest BCUT2D eigenvalue weighted by Gasteiger charge is -2.29. The predicted octanol–water partition coefficient (Wildman–Crippen LogP) is 3.93. The molecule has 1 aliphatic rings. The van der Waals surface area contributed by atoms with E-state index in [1.54, 1.807) is 17.5 Å². The minimum Gasteiger partial charge on any atom is -0.478 e. The molecule has 0 amide bonds. The van der Waals surface area contributed by atoms with Crippen LogP contribution in [0.15, 0.2) is 52.8 Å². The standard InChI is InChI=1S/C18H18N2O2S/c1-10-8-14(23-9-10)17-15(13-6-4-5-7-19-13)11(2)20-12(3)16(17)18(21)22/h4-9,17,20H,1-3H3,(H,21,22). The van der Waals surface area contributed by atoms with E-state index in [2.05, 4.69) is 21.7 Å². The van der Waals surface area contributed by atoms with Crippen LogP contribution < -0.4 is 5.32 Å². The number of dihydropyridines is 1. The predicted molar refractivity (Wildman–Crippen MR) is 92.1 cm³/mol. The Morgan fingerprint density at radius 3 is 2.61 bits per heavy atom. The summed E-state index contributed by atoms with van der Waals surface area (Å²) >= 11 is 1.59. The van der Waals surface area contributed by atoms with Crippen LogP contribution in [-0.4, -0.2) is 16.1 Å². The number of rotatable bonds is 3. The molecular formula is C18H18N2O2S. The molecule has 3 heterocycles. The summed E-state index contributed by atoms with van der Waals surface area (Å²) in [6.07, 6.45) is 1.73. The van der Waals surface area contributed by atoms with E-state index in [9.17, 15) is 9.90 Å². The van der Waals surface area contributed by atoms with E-state index in [-0.39, 0.29) is 5.92 Å². The molecule has 0 bridgehead atoms. The van der Waals surface area contributed by atoms with E-state index < -0.39 is 5.97 Å². The highest BCUT2D eigenvalue weighted by Gasteiger charge is 2.35. The highest BCUT2D eigenvalue weighted by Crippen LogP contribution is 2.44. The van der Waals surface area contributed by atoms with Gasteiger partial charge in [0.05, 0.1) is 17.2 Å². The van der Waals surface area contributed by atoms with Crippen LogP contribution in [0.1, 0.15) is 35.9 Å². The second kappa shape index (κ2) is 6.01. The fraction of sp³-hybridized carbons (Fsp3) is 0.222. The highest BCUT2D eigenvalue weighted by molar-refractivity contribution is 7.10. The molecule has 1 aliphatic heterocycles. The van der Waals surface area contributed by atoms with Crippen LogP contribution in [0.25, 0.3) is 5.57 Å². The molecule has 23 heavy (non-hydrogen) atoms. The second-order valence-corrected chi connectivity index (χ2v) is 6.62. The summed E-state index contributed by atoms with van der Waals surface area (Å²) in [6, 6.07) is 7.77. The van der Waals surface area contributed by atoms with Crippen molar-refractivity contribution >= 4 is 22.9 Å². The SMILES string of the molecule is CC1=C(C(=O)O)C(c2cc(C)cs2)C(c2ccccn2)=C(C)N1. The first-order valence-corrected chi connectivity index (χ1v) is 8.25. The molecule has 2 aromatic rings. The van der Waals surface area contributed by atoms with Crippen LogP contribution in [0.2, 0.25) is 0 Å². The molecule has 1 unspecified atom stereocenters. The minimum atomic E-state index is -0.896. The van der Waals surface area contributed by atoms with Crippen LogP contribution in [0.3, 0.4) is 0 Å². The normalized spacial score (nSPS) is 18.1. The number of hydrogen-bond donors (Lipinski definition) is 2. The largest absolute Gasteiger partial charge is 0.478 e. The molecular weight excluding hydrogens is 308 g/mol. The van der Waals surface area contributed by atoms with Gasteiger partial charge < -0.3 is 10.4 Å². The van der Waals surface area contributed by atoms with Gasteiger partial charge in [-0.3, -0.25) is 4.98 Å². The number of nitrogens with one attached hydrogen (secondary N) is 1. The molecule has 3 rings (SSSR count). The Balaban J connectivity index is 2.23. The van der Waals surface area contributed by atoms with Crippen molar-refractivity contribution in [2.75, 3.05) is 0 Å². The first-order valence-electron chi connectivity index (χ1n) is 7.37. The van der Waals surface area contributed by atoms with Gasteiger partial charge in [-0.1, -0.05) is 6.07 Å². The van der Waals surface area contributed by atoms with E-state index in [1.165, 1.54) is 0 Å². The molecule has 4 nitrogen and oxygen atoms in total. The van der Waals surface area contributed by atoms with Gasteiger partial charge in [0.2, 0.25) is 0 Å². The van der Waals surface area contributed by atoms with E-state index >= 15 is 0 Å². The third-order valence-corrected chi connectivity index (χ3v) is 5.08. The average molecular weight is 326 g/mol. The van der Waals surface area contributed by atoms with Crippen LogP contribution >= 0.6 is 11.3 Å². The van der Waals surface area contributed by atoms with Crippen molar-refractivity contribution < 1.29 is 9.90 Å². The maximum absolute atomic E-state index is 11.9. The lowest BCUT2D eigenvalue weighted by molar-refractivity contribution is -0.132. The van der Waals surface area contributed by atoms with Crippen LogP contribution in [-0.2, 0) is 4.79 Å². The molecule has 0 spiro atoms. The fourth-order valence-corrected chi connectivity index (χ4v) is 4.04. The zero-order chi connectivity index (χ0) is 16.6. The van der Waals surface area contributed by atoms with Crippen molar-refractivity contribution in [3.05, 3.63) is 68.9 Å². The number of carboxylic acid groups (broad SMARTS) is 1. The Kier molecular flexibility index (Phi) is 4.05. The summed E-state index contributed by atoms with van der Waals surface area (Å²) in [6.45, 7) is 5.81. The molecule has 0 aliphatic carbocycles. The number of hydrogen-bond acceptors (Lipinski definition) is 4. The fourth-order valence-electron chi connectivity index (χ4n) is 3.03. The molecule has 0 saturated heterocycles. The van der Waals surface area contributed by atoms with Gasteiger partial charge in [-0.2, -0.15) is 0 Å². The van der Waals surface area contributed by atoms with Gasteiger partial charge in [0.15, 0.2) is 0 Å². The number of allylic oxidation sites excluding steroid dienone is 3. The lowest BCUT2D eigenvalue weighted by Crippen LogP contribution is -2.27. The number of aliphatic carboxylic acids is 1. The van der Waals surface area contributed by atoms with Crippen LogP contribution in [0, 0.1) is 6.92 Å². The molecule has 0 fully saturated rings. The third kappa shape index (κ3) is 2.80. The number of carboxylic acids is 1. The number of nitrogens with zero attached hydrogens (tertiary/aromatic N) is 1. The summed E-state index contributed by atoms with van der Waals surface area (Å²) in [7, 11) is 0. The third-order valence-electron chi connectivity index (χ3n) is 3.97. The summed E-state index contributed by atoms with van der Waals surface area (Å²) in [4.78, 5) is 17.4.